The van der Waals surface area contributed by atoms with Gasteiger partial charge in [-0.1, -0.05) is 6.07 Å². The number of aliphatic hydroxyl groups is 1. The maximum absolute atomic E-state index is 13.7. The number of halogens is 2. The number of aromatic nitrogens is 3. The van der Waals surface area contributed by atoms with Gasteiger partial charge in [-0.3, -0.25) is 0 Å². The quantitative estimate of drug-likeness (QED) is 0.618. The number of hydrogen-bond acceptors (Lipinski definition) is 6. The van der Waals surface area contributed by atoms with E-state index in [-0.39, 0.29) is 4.47 Å². The molecule has 9 heteroatoms. The van der Waals surface area contributed by atoms with Crippen molar-refractivity contribution in [3.63, 3.8) is 0 Å². The average molecular weight is 478 g/mol. The Morgan fingerprint density at radius 3 is 2.73 bits per heavy atom. The van der Waals surface area contributed by atoms with Gasteiger partial charge in [0.15, 0.2) is 12.0 Å². The van der Waals surface area contributed by atoms with Crippen LogP contribution in [0.5, 0.6) is 0 Å². The molecule has 0 amide bonds. The summed E-state index contributed by atoms with van der Waals surface area (Å²) in [4.78, 5) is 8.65. The summed E-state index contributed by atoms with van der Waals surface area (Å²) in [7, 11) is 0. The van der Waals surface area contributed by atoms with Crippen LogP contribution in [0, 0.1) is 12.7 Å². The highest BCUT2D eigenvalue weighted by molar-refractivity contribution is 9.10. The van der Waals surface area contributed by atoms with Gasteiger partial charge in [-0.15, -0.1) is 0 Å². The lowest BCUT2D eigenvalue weighted by atomic mass is 9.99. The summed E-state index contributed by atoms with van der Waals surface area (Å²) < 4.78 is 34.4. The fourth-order valence-corrected chi connectivity index (χ4v) is 4.67. The molecule has 2 aliphatic rings. The van der Waals surface area contributed by atoms with Gasteiger partial charge in [0.05, 0.1) is 10.2 Å². The highest BCUT2D eigenvalue weighted by Gasteiger charge is 2.58. The number of hydrogen-bond donors (Lipinski definition) is 1. The number of fused-ring (bicyclic) bond motifs is 2. The number of aliphatic hydroxyl groups excluding tert-OH is 1. The van der Waals surface area contributed by atoms with Crippen molar-refractivity contribution in [2.45, 2.75) is 57.2 Å². The molecule has 5 rings (SSSR count). The Labute approximate surface area is 180 Å². The van der Waals surface area contributed by atoms with E-state index < -0.39 is 42.2 Å². The molecule has 2 aromatic heterocycles. The van der Waals surface area contributed by atoms with Gasteiger partial charge in [-0.25, -0.2) is 14.4 Å². The van der Waals surface area contributed by atoms with Crippen LogP contribution in [-0.4, -0.2) is 43.7 Å². The van der Waals surface area contributed by atoms with Crippen molar-refractivity contribution in [2.75, 3.05) is 0 Å². The Bertz CT molecular complexity index is 1120. The topological polar surface area (TPSA) is 78.6 Å². The summed E-state index contributed by atoms with van der Waals surface area (Å²) in [6, 6.07) is 6.33. The van der Waals surface area contributed by atoms with Crippen LogP contribution in [0.1, 0.15) is 37.4 Å². The third-order valence-electron chi connectivity index (χ3n) is 5.64. The van der Waals surface area contributed by atoms with E-state index in [4.69, 9.17) is 14.2 Å². The summed E-state index contributed by atoms with van der Waals surface area (Å²) in [6.07, 6.45) is 0.144. The Morgan fingerprint density at radius 1 is 1.20 bits per heavy atom. The molecule has 5 atom stereocenters. The first-order valence-corrected chi connectivity index (χ1v) is 10.5. The predicted molar refractivity (Wildman–Crippen MR) is 109 cm³/mol. The molecule has 4 heterocycles. The molecule has 7 nitrogen and oxygen atoms in total. The standard InChI is InChI=1S/C21H21BrFN3O4/c1-10-12-6-7-26(19(12)25-9-24-10)20-18-17(29-21(2,3)30-18)16(28-20)15(27)11-4-5-14(23)13(22)8-11/h4-9,15-18,20,27H,1-3H3/t15-,16-,17-,18-,20-/m1/s1. The maximum Gasteiger partial charge on any atom is 0.164 e. The molecule has 1 aromatic carbocycles. The van der Waals surface area contributed by atoms with Crippen LogP contribution in [0.3, 0.4) is 0 Å². The third kappa shape index (κ3) is 3.16. The van der Waals surface area contributed by atoms with Crippen LogP contribution >= 0.6 is 15.9 Å². The smallest absolute Gasteiger partial charge is 0.164 e. The SMILES string of the molecule is Cc1ncnc2c1ccn2[C@@H]1O[C@H]([C@H](O)c2ccc(F)c(Br)c2)[C@H]2OC(C)(C)O[C@H]21. The third-order valence-corrected chi connectivity index (χ3v) is 6.25. The van der Waals surface area contributed by atoms with Crippen LogP contribution < -0.4 is 0 Å². The van der Waals surface area contributed by atoms with E-state index in [1.807, 2.05) is 37.6 Å². The Hall–Kier alpha value is -1.91. The van der Waals surface area contributed by atoms with E-state index in [1.54, 1.807) is 12.1 Å². The van der Waals surface area contributed by atoms with Crippen molar-refractivity contribution in [3.05, 3.63) is 58.3 Å². The fraction of sp³-hybridized carbons (Fsp3) is 0.429. The van der Waals surface area contributed by atoms with Crippen molar-refractivity contribution in [1.29, 1.82) is 0 Å². The molecule has 158 valence electrons. The van der Waals surface area contributed by atoms with E-state index >= 15 is 0 Å². The molecule has 0 aliphatic carbocycles. The van der Waals surface area contributed by atoms with Crippen LogP contribution in [0.25, 0.3) is 11.0 Å². The van der Waals surface area contributed by atoms with Gasteiger partial charge >= 0.3 is 0 Å². The van der Waals surface area contributed by atoms with Gasteiger partial charge in [-0.05, 0) is 60.5 Å². The van der Waals surface area contributed by atoms with Gasteiger partial charge in [0.1, 0.15) is 42.2 Å². The molecule has 0 bridgehead atoms. The van der Waals surface area contributed by atoms with E-state index in [0.29, 0.717) is 5.56 Å². The van der Waals surface area contributed by atoms with Gasteiger partial charge in [0, 0.05) is 11.6 Å². The first-order chi connectivity index (χ1) is 14.2. The molecule has 3 aromatic rings. The van der Waals surface area contributed by atoms with Crippen LogP contribution in [-0.2, 0) is 14.2 Å². The summed E-state index contributed by atoms with van der Waals surface area (Å²) in [5, 5.41) is 12.0. The maximum atomic E-state index is 13.7. The molecule has 0 unspecified atom stereocenters. The minimum Gasteiger partial charge on any atom is -0.386 e. The van der Waals surface area contributed by atoms with Crippen molar-refractivity contribution in [1.82, 2.24) is 14.5 Å². The lowest BCUT2D eigenvalue weighted by Crippen LogP contribution is -2.34. The van der Waals surface area contributed by atoms with Crippen molar-refractivity contribution in [3.8, 4) is 0 Å². The van der Waals surface area contributed by atoms with E-state index in [9.17, 15) is 9.50 Å². The molecular weight excluding hydrogens is 457 g/mol. The highest BCUT2D eigenvalue weighted by atomic mass is 79.9. The molecule has 2 saturated heterocycles. The van der Waals surface area contributed by atoms with E-state index in [2.05, 4.69) is 25.9 Å². The number of aryl methyl sites for hydroxylation is 1. The first-order valence-electron chi connectivity index (χ1n) is 9.67. The summed E-state index contributed by atoms with van der Waals surface area (Å²) >= 11 is 3.17. The minimum atomic E-state index is -1.03. The number of benzene rings is 1. The Balaban J connectivity index is 1.54. The summed E-state index contributed by atoms with van der Waals surface area (Å²) in [5.74, 6) is -1.23. The second-order valence-electron chi connectivity index (χ2n) is 8.09. The molecule has 30 heavy (non-hydrogen) atoms. The van der Waals surface area contributed by atoms with Crippen LogP contribution in [0.4, 0.5) is 4.39 Å². The molecular formula is C21H21BrFN3O4. The first kappa shape index (κ1) is 20.0. The summed E-state index contributed by atoms with van der Waals surface area (Å²) in [6.45, 7) is 5.59. The Kier molecular flexibility index (Phi) is 4.71. The zero-order chi connectivity index (χ0) is 21.2. The fourth-order valence-electron chi connectivity index (χ4n) is 4.27. The molecule has 0 saturated carbocycles. The molecule has 0 spiro atoms. The monoisotopic (exact) mass is 477 g/mol. The zero-order valence-corrected chi connectivity index (χ0v) is 18.2. The molecule has 2 aliphatic heterocycles. The summed E-state index contributed by atoms with van der Waals surface area (Å²) in [5.41, 5.74) is 2.11. The van der Waals surface area contributed by atoms with Gasteiger partial charge in [0.25, 0.3) is 0 Å². The van der Waals surface area contributed by atoms with Crippen LogP contribution in [0.15, 0.2) is 41.3 Å². The van der Waals surface area contributed by atoms with Crippen molar-refractivity contribution in [2.24, 2.45) is 0 Å². The Morgan fingerprint density at radius 2 is 1.97 bits per heavy atom. The second-order valence-corrected chi connectivity index (χ2v) is 8.95. The average Bonchev–Trinajstić information content (AvgIpc) is 3.34. The normalized spacial score (nSPS) is 28.7. The molecule has 1 N–H and O–H groups in total. The number of rotatable bonds is 3. The minimum absolute atomic E-state index is 0.276. The van der Waals surface area contributed by atoms with Crippen LogP contribution in [0.2, 0.25) is 0 Å². The number of nitrogens with zero attached hydrogens (tertiary/aromatic N) is 3. The largest absolute Gasteiger partial charge is 0.386 e. The van der Waals surface area contributed by atoms with Crippen molar-refractivity contribution >= 4 is 27.0 Å². The predicted octanol–water partition coefficient (Wildman–Crippen LogP) is 3.79. The van der Waals surface area contributed by atoms with E-state index in [1.165, 1.54) is 12.4 Å². The highest BCUT2D eigenvalue weighted by Crippen LogP contribution is 2.47. The van der Waals surface area contributed by atoms with Gasteiger partial charge in [-0.2, -0.15) is 0 Å². The molecule has 0 radical (unpaired) electrons. The van der Waals surface area contributed by atoms with Gasteiger partial charge in [0.2, 0.25) is 0 Å². The lowest BCUT2D eigenvalue weighted by molar-refractivity contribution is -0.207. The second kappa shape index (κ2) is 7.06. The number of ether oxygens (including phenoxy) is 3. The molecule has 2 fully saturated rings. The van der Waals surface area contributed by atoms with Gasteiger partial charge < -0.3 is 23.9 Å². The van der Waals surface area contributed by atoms with Crippen molar-refractivity contribution < 1.29 is 23.7 Å². The van der Waals surface area contributed by atoms with E-state index in [0.717, 1.165) is 16.7 Å². The zero-order valence-electron chi connectivity index (χ0n) is 16.6. The lowest BCUT2D eigenvalue weighted by Gasteiger charge is -2.27.